The SMILES string of the molecule is CC.CC.CC(=O)C1Cc2ccncc2CN1C. The Morgan fingerprint density at radius 2 is 1.89 bits per heavy atom. The summed E-state index contributed by atoms with van der Waals surface area (Å²) in [6, 6.07) is 2.06. The first-order valence-corrected chi connectivity index (χ1v) is 6.81. The van der Waals surface area contributed by atoms with Crippen molar-refractivity contribution in [3.8, 4) is 0 Å². The van der Waals surface area contributed by atoms with Gasteiger partial charge in [0.25, 0.3) is 0 Å². The van der Waals surface area contributed by atoms with Crippen LogP contribution in [0.15, 0.2) is 18.5 Å². The molecule has 1 atom stereocenters. The van der Waals surface area contributed by atoms with Gasteiger partial charge in [-0.25, -0.2) is 0 Å². The molecule has 18 heavy (non-hydrogen) atoms. The van der Waals surface area contributed by atoms with Crippen molar-refractivity contribution >= 4 is 5.78 Å². The summed E-state index contributed by atoms with van der Waals surface area (Å²) < 4.78 is 0. The molecule has 1 aliphatic heterocycles. The van der Waals surface area contributed by atoms with Gasteiger partial charge in [0.05, 0.1) is 6.04 Å². The van der Waals surface area contributed by atoms with Crippen molar-refractivity contribution < 1.29 is 4.79 Å². The molecule has 3 nitrogen and oxygen atoms in total. The summed E-state index contributed by atoms with van der Waals surface area (Å²) in [5.74, 6) is 0.245. The van der Waals surface area contributed by atoms with E-state index in [-0.39, 0.29) is 11.8 Å². The smallest absolute Gasteiger partial charge is 0.147 e. The second-order valence-electron chi connectivity index (χ2n) is 3.89. The lowest BCUT2D eigenvalue weighted by Crippen LogP contribution is -2.42. The van der Waals surface area contributed by atoms with Gasteiger partial charge in [-0.15, -0.1) is 0 Å². The average Bonchev–Trinajstić information content (AvgIpc) is 2.42. The number of fused-ring (bicyclic) bond motifs is 1. The predicted octanol–water partition coefficient (Wildman–Crippen LogP) is 3.08. The number of carbonyl (C=O) groups is 1. The van der Waals surface area contributed by atoms with Gasteiger partial charge in [-0.2, -0.15) is 0 Å². The highest BCUT2D eigenvalue weighted by Crippen LogP contribution is 2.21. The van der Waals surface area contributed by atoms with E-state index in [0.717, 1.165) is 13.0 Å². The Bertz CT molecular complexity index is 363. The minimum Gasteiger partial charge on any atom is -0.298 e. The van der Waals surface area contributed by atoms with E-state index in [4.69, 9.17) is 0 Å². The van der Waals surface area contributed by atoms with E-state index in [0.29, 0.717) is 0 Å². The summed E-state index contributed by atoms with van der Waals surface area (Å²) in [6.07, 6.45) is 4.51. The van der Waals surface area contributed by atoms with Crippen LogP contribution in [-0.2, 0) is 17.8 Å². The first kappa shape index (κ1) is 16.8. The summed E-state index contributed by atoms with van der Waals surface area (Å²) in [7, 11) is 1.99. The molecule has 0 aromatic carbocycles. The zero-order valence-corrected chi connectivity index (χ0v) is 12.5. The fourth-order valence-electron chi connectivity index (χ4n) is 1.99. The maximum Gasteiger partial charge on any atom is 0.147 e. The lowest BCUT2D eigenvalue weighted by Gasteiger charge is -2.31. The highest BCUT2D eigenvalue weighted by atomic mass is 16.1. The van der Waals surface area contributed by atoms with E-state index in [1.54, 1.807) is 13.1 Å². The molecule has 0 saturated heterocycles. The predicted molar refractivity (Wildman–Crippen MR) is 76.6 cm³/mol. The molecule has 0 aliphatic carbocycles. The quantitative estimate of drug-likeness (QED) is 0.768. The van der Waals surface area contributed by atoms with Crippen molar-refractivity contribution in [1.82, 2.24) is 9.88 Å². The van der Waals surface area contributed by atoms with Crippen molar-refractivity contribution in [1.29, 1.82) is 0 Å². The number of aromatic nitrogens is 1. The first-order chi connectivity index (χ1) is 8.68. The van der Waals surface area contributed by atoms with Gasteiger partial charge in [0.2, 0.25) is 0 Å². The number of rotatable bonds is 1. The molecular formula is C15H26N2O. The van der Waals surface area contributed by atoms with Crippen LogP contribution < -0.4 is 0 Å². The summed E-state index contributed by atoms with van der Waals surface area (Å²) in [4.78, 5) is 17.5. The van der Waals surface area contributed by atoms with Gasteiger partial charge in [0.1, 0.15) is 5.78 Å². The molecule has 0 spiro atoms. The van der Waals surface area contributed by atoms with Crippen LogP contribution in [0, 0.1) is 0 Å². The first-order valence-electron chi connectivity index (χ1n) is 6.81. The number of Topliss-reactive ketones (excluding diaryl/α,β-unsaturated/α-hetero) is 1. The third-order valence-electron chi connectivity index (χ3n) is 2.84. The maximum atomic E-state index is 11.4. The normalized spacial score (nSPS) is 17.6. The Labute approximate surface area is 111 Å². The molecule has 102 valence electrons. The van der Waals surface area contributed by atoms with Crippen LogP contribution in [0.5, 0.6) is 0 Å². The van der Waals surface area contributed by atoms with Gasteiger partial charge in [0, 0.05) is 18.9 Å². The number of pyridine rings is 1. The summed E-state index contributed by atoms with van der Waals surface area (Å²) in [5, 5.41) is 0. The second kappa shape index (κ2) is 8.81. The van der Waals surface area contributed by atoms with E-state index in [9.17, 15) is 4.79 Å². The Morgan fingerprint density at radius 3 is 2.44 bits per heavy atom. The molecule has 1 aliphatic rings. The lowest BCUT2D eigenvalue weighted by molar-refractivity contribution is -0.122. The van der Waals surface area contributed by atoms with Crippen molar-refractivity contribution in [2.24, 2.45) is 0 Å². The van der Waals surface area contributed by atoms with Gasteiger partial charge >= 0.3 is 0 Å². The summed E-state index contributed by atoms with van der Waals surface area (Å²) >= 11 is 0. The Balaban J connectivity index is 0.000000659. The van der Waals surface area contributed by atoms with Crippen LogP contribution >= 0.6 is 0 Å². The summed E-state index contributed by atoms with van der Waals surface area (Å²) in [6.45, 7) is 10.5. The third kappa shape index (κ3) is 4.22. The van der Waals surface area contributed by atoms with Crippen LogP contribution in [-0.4, -0.2) is 28.8 Å². The molecule has 0 saturated carbocycles. The highest BCUT2D eigenvalue weighted by molar-refractivity contribution is 5.82. The zero-order valence-electron chi connectivity index (χ0n) is 12.5. The number of likely N-dealkylation sites (N-methyl/N-ethyl adjacent to an activating group) is 1. The number of hydrogen-bond acceptors (Lipinski definition) is 3. The van der Waals surface area contributed by atoms with E-state index in [1.807, 2.05) is 47.0 Å². The maximum absolute atomic E-state index is 11.4. The molecule has 1 aromatic heterocycles. The van der Waals surface area contributed by atoms with Crippen LogP contribution in [0.4, 0.5) is 0 Å². The molecule has 0 radical (unpaired) electrons. The van der Waals surface area contributed by atoms with Gasteiger partial charge in [-0.1, -0.05) is 27.7 Å². The van der Waals surface area contributed by atoms with Crippen molar-refractivity contribution in [2.45, 2.75) is 53.6 Å². The van der Waals surface area contributed by atoms with E-state index in [2.05, 4.69) is 9.88 Å². The largest absolute Gasteiger partial charge is 0.298 e. The van der Waals surface area contributed by atoms with Crippen molar-refractivity contribution in [2.75, 3.05) is 7.05 Å². The fraction of sp³-hybridized carbons (Fsp3) is 0.600. The average molecular weight is 250 g/mol. The minimum atomic E-state index is 0.0462. The lowest BCUT2D eigenvalue weighted by atomic mass is 9.94. The van der Waals surface area contributed by atoms with Gasteiger partial charge in [-0.3, -0.25) is 14.7 Å². The van der Waals surface area contributed by atoms with Crippen LogP contribution in [0.25, 0.3) is 0 Å². The molecule has 2 heterocycles. The number of ketones is 1. The molecule has 0 fully saturated rings. The van der Waals surface area contributed by atoms with Crippen molar-refractivity contribution in [3.63, 3.8) is 0 Å². The van der Waals surface area contributed by atoms with E-state index >= 15 is 0 Å². The number of nitrogens with zero attached hydrogens (tertiary/aromatic N) is 2. The molecule has 0 bridgehead atoms. The molecule has 2 rings (SSSR count). The van der Waals surface area contributed by atoms with Gasteiger partial charge in [0.15, 0.2) is 0 Å². The van der Waals surface area contributed by atoms with E-state index in [1.165, 1.54) is 11.1 Å². The molecule has 0 N–H and O–H groups in total. The second-order valence-corrected chi connectivity index (χ2v) is 3.89. The molecule has 1 unspecified atom stereocenters. The molecular weight excluding hydrogens is 224 g/mol. The summed E-state index contributed by atoms with van der Waals surface area (Å²) in [5.41, 5.74) is 2.51. The van der Waals surface area contributed by atoms with Gasteiger partial charge < -0.3 is 0 Å². The zero-order chi connectivity index (χ0) is 14.1. The fourth-order valence-corrected chi connectivity index (χ4v) is 1.99. The van der Waals surface area contributed by atoms with Crippen molar-refractivity contribution in [3.05, 3.63) is 29.6 Å². The molecule has 3 heteroatoms. The van der Waals surface area contributed by atoms with Crippen LogP contribution in [0.3, 0.4) is 0 Å². The third-order valence-corrected chi connectivity index (χ3v) is 2.84. The minimum absolute atomic E-state index is 0.0462. The molecule has 0 amide bonds. The number of hydrogen-bond donors (Lipinski definition) is 0. The van der Waals surface area contributed by atoms with Crippen LogP contribution in [0.2, 0.25) is 0 Å². The Kier molecular flexibility index (Phi) is 8.21. The Morgan fingerprint density at radius 1 is 1.28 bits per heavy atom. The highest BCUT2D eigenvalue weighted by Gasteiger charge is 2.26. The Hall–Kier alpha value is -1.22. The standard InChI is InChI=1S/C11H14N2O.2C2H6/c1-8(14)11-5-9-3-4-12-6-10(9)7-13(11)2;2*1-2/h3-4,6,11H,5,7H2,1-2H3;2*1-2H3. The van der Waals surface area contributed by atoms with Gasteiger partial charge in [-0.05, 0) is 37.6 Å². The monoisotopic (exact) mass is 250 g/mol. The topological polar surface area (TPSA) is 33.2 Å². The number of carbonyl (C=O) groups excluding carboxylic acids is 1. The van der Waals surface area contributed by atoms with E-state index < -0.39 is 0 Å². The van der Waals surface area contributed by atoms with Crippen LogP contribution in [0.1, 0.15) is 45.7 Å². The molecule has 1 aromatic rings.